The van der Waals surface area contributed by atoms with Crippen LogP contribution in [0.5, 0.6) is 0 Å². The standard InChI is InChI=1S/C27H37N3O6S/c1-7-18-11-9-10-12-19(18)23(24(32)28-14-13-22(31)35-8-2)30(21-15-17(21)3)25(33)20(16-37)29-26(34)36-27(4,5)6/h1,9-12,17,20-21,23,37H,8,13-16H2,2-6H3,(H,28,32)(H,29,34). The minimum atomic E-state index is -1.08. The van der Waals surface area contributed by atoms with Gasteiger partial charge in [-0.25, -0.2) is 4.79 Å². The van der Waals surface area contributed by atoms with Gasteiger partial charge in [0.1, 0.15) is 17.7 Å². The zero-order valence-electron chi connectivity index (χ0n) is 22.1. The van der Waals surface area contributed by atoms with Gasteiger partial charge in [0.15, 0.2) is 0 Å². The molecular weight excluding hydrogens is 494 g/mol. The highest BCUT2D eigenvalue weighted by molar-refractivity contribution is 7.80. The van der Waals surface area contributed by atoms with Gasteiger partial charge in [0.05, 0.1) is 13.0 Å². The number of carbonyl (C=O) groups excluding carboxylic acids is 4. The fourth-order valence-corrected chi connectivity index (χ4v) is 4.14. The SMILES string of the molecule is C#Cc1ccccc1C(C(=O)NCCC(=O)OCC)N(C(=O)C(CS)NC(=O)OC(C)(C)C)C1CC1C. The predicted molar refractivity (Wildman–Crippen MR) is 143 cm³/mol. The average Bonchev–Trinajstić information content (AvgIpc) is 3.55. The van der Waals surface area contributed by atoms with Gasteiger partial charge in [-0.3, -0.25) is 14.4 Å². The Morgan fingerprint density at radius 3 is 2.43 bits per heavy atom. The molecule has 10 heteroatoms. The van der Waals surface area contributed by atoms with E-state index in [-0.39, 0.29) is 37.3 Å². The third-order valence-electron chi connectivity index (χ3n) is 5.72. The molecule has 4 unspecified atom stereocenters. The molecule has 37 heavy (non-hydrogen) atoms. The Hall–Kier alpha value is -3.19. The van der Waals surface area contributed by atoms with Crippen LogP contribution in [-0.2, 0) is 23.9 Å². The molecule has 0 aromatic heterocycles. The third kappa shape index (κ3) is 8.71. The Labute approximate surface area is 224 Å². The van der Waals surface area contributed by atoms with Gasteiger partial charge in [-0.2, -0.15) is 12.6 Å². The number of ether oxygens (including phenoxy) is 2. The molecule has 0 heterocycles. The number of hydrogen-bond donors (Lipinski definition) is 3. The van der Waals surface area contributed by atoms with Crippen molar-refractivity contribution in [3.63, 3.8) is 0 Å². The fraction of sp³-hybridized carbons (Fsp3) is 0.556. The van der Waals surface area contributed by atoms with Gasteiger partial charge in [0.2, 0.25) is 11.8 Å². The number of nitrogens with zero attached hydrogens (tertiary/aromatic N) is 1. The fourth-order valence-electron chi connectivity index (χ4n) is 3.89. The van der Waals surface area contributed by atoms with E-state index in [1.807, 2.05) is 6.92 Å². The lowest BCUT2D eigenvalue weighted by molar-refractivity contribution is -0.144. The molecule has 2 rings (SSSR count). The quantitative estimate of drug-likeness (QED) is 0.230. The van der Waals surface area contributed by atoms with E-state index in [4.69, 9.17) is 15.9 Å². The van der Waals surface area contributed by atoms with Crippen LogP contribution in [0.1, 0.15) is 64.6 Å². The highest BCUT2D eigenvalue weighted by Crippen LogP contribution is 2.41. The number of carbonyl (C=O) groups is 4. The number of thiol groups is 1. The summed E-state index contributed by atoms with van der Waals surface area (Å²) in [4.78, 5) is 53.2. The van der Waals surface area contributed by atoms with Crippen molar-refractivity contribution in [1.82, 2.24) is 15.5 Å². The van der Waals surface area contributed by atoms with Gasteiger partial charge in [-0.05, 0) is 51.7 Å². The second-order valence-electron chi connectivity index (χ2n) is 9.89. The Bertz CT molecular complexity index is 1030. The lowest BCUT2D eigenvalue weighted by Crippen LogP contribution is -2.55. The summed E-state index contributed by atoms with van der Waals surface area (Å²) >= 11 is 4.29. The number of nitrogens with one attached hydrogen (secondary N) is 2. The first-order valence-electron chi connectivity index (χ1n) is 12.3. The number of rotatable bonds is 11. The highest BCUT2D eigenvalue weighted by atomic mass is 32.1. The summed E-state index contributed by atoms with van der Waals surface area (Å²) in [5.74, 6) is 1.31. The topological polar surface area (TPSA) is 114 Å². The molecule has 0 aliphatic heterocycles. The van der Waals surface area contributed by atoms with Crippen LogP contribution in [-0.4, -0.2) is 65.4 Å². The largest absolute Gasteiger partial charge is 0.466 e. The first kappa shape index (κ1) is 30.0. The van der Waals surface area contributed by atoms with Crippen LogP contribution in [0.25, 0.3) is 0 Å². The van der Waals surface area contributed by atoms with Crippen LogP contribution in [0.4, 0.5) is 4.79 Å². The maximum atomic E-state index is 13.9. The van der Waals surface area contributed by atoms with Crippen LogP contribution in [0.2, 0.25) is 0 Å². The Kier molecular flexibility index (Phi) is 10.9. The normalized spacial score (nSPS) is 18.0. The molecular formula is C27H37N3O6S. The molecule has 1 fully saturated rings. The molecule has 1 aliphatic rings. The van der Waals surface area contributed by atoms with E-state index in [1.54, 1.807) is 52.0 Å². The van der Waals surface area contributed by atoms with Crippen molar-refractivity contribution in [2.45, 2.75) is 71.2 Å². The molecule has 0 saturated heterocycles. The van der Waals surface area contributed by atoms with E-state index in [0.29, 0.717) is 17.5 Å². The summed E-state index contributed by atoms with van der Waals surface area (Å²) in [5.41, 5.74) is 0.175. The molecule has 0 radical (unpaired) electrons. The average molecular weight is 532 g/mol. The van der Waals surface area contributed by atoms with Crippen molar-refractivity contribution >= 4 is 36.5 Å². The summed E-state index contributed by atoms with van der Waals surface area (Å²) in [6.07, 6.45) is 5.64. The molecule has 3 amide bonds. The van der Waals surface area contributed by atoms with Crippen molar-refractivity contribution in [3.8, 4) is 12.3 Å². The monoisotopic (exact) mass is 531 g/mol. The number of benzene rings is 1. The summed E-state index contributed by atoms with van der Waals surface area (Å²) in [6.45, 7) is 9.10. The van der Waals surface area contributed by atoms with Gasteiger partial charge in [-0.1, -0.05) is 31.0 Å². The lowest BCUT2D eigenvalue weighted by Gasteiger charge is -2.35. The van der Waals surface area contributed by atoms with E-state index >= 15 is 0 Å². The Balaban J connectivity index is 2.42. The van der Waals surface area contributed by atoms with Gasteiger partial charge < -0.3 is 25.0 Å². The number of amides is 3. The van der Waals surface area contributed by atoms with Crippen molar-refractivity contribution < 1.29 is 28.7 Å². The van der Waals surface area contributed by atoms with Gasteiger partial charge >= 0.3 is 12.1 Å². The summed E-state index contributed by atoms with van der Waals surface area (Å²) in [7, 11) is 0. The molecule has 9 nitrogen and oxygen atoms in total. The van der Waals surface area contributed by atoms with Crippen LogP contribution in [0.15, 0.2) is 24.3 Å². The molecule has 4 atom stereocenters. The zero-order valence-corrected chi connectivity index (χ0v) is 23.0. The minimum absolute atomic E-state index is 0.0103. The second-order valence-corrected chi connectivity index (χ2v) is 10.3. The molecule has 1 aromatic carbocycles. The lowest BCUT2D eigenvalue weighted by atomic mass is 9.97. The Morgan fingerprint density at radius 1 is 1.24 bits per heavy atom. The molecule has 1 saturated carbocycles. The molecule has 2 N–H and O–H groups in total. The van der Waals surface area contributed by atoms with E-state index in [2.05, 4.69) is 29.2 Å². The molecule has 202 valence electrons. The number of alkyl carbamates (subject to hydrolysis) is 1. The van der Waals surface area contributed by atoms with E-state index < -0.39 is 41.6 Å². The maximum absolute atomic E-state index is 13.9. The summed E-state index contributed by atoms with van der Waals surface area (Å²) in [5, 5.41) is 5.34. The minimum Gasteiger partial charge on any atom is -0.466 e. The van der Waals surface area contributed by atoms with Gasteiger partial charge in [0.25, 0.3) is 0 Å². The van der Waals surface area contributed by atoms with Crippen LogP contribution in [0, 0.1) is 18.3 Å². The molecule has 0 bridgehead atoms. The van der Waals surface area contributed by atoms with E-state index in [0.717, 1.165) is 0 Å². The molecule has 1 aromatic rings. The summed E-state index contributed by atoms with van der Waals surface area (Å²) in [6, 6.07) is 4.52. The van der Waals surface area contributed by atoms with Gasteiger partial charge in [-0.15, -0.1) is 6.42 Å². The number of hydrogen-bond acceptors (Lipinski definition) is 7. The third-order valence-corrected chi connectivity index (χ3v) is 6.09. The highest BCUT2D eigenvalue weighted by Gasteiger charge is 2.48. The van der Waals surface area contributed by atoms with Crippen molar-refractivity contribution in [3.05, 3.63) is 35.4 Å². The summed E-state index contributed by atoms with van der Waals surface area (Å²) < 4.78 is 10.2. The second kappa shape index (κ2) is 13.4. The van der Waals surface area contributed by atoms with E-state index in [9.17, 15) is 19.2 Å². The first-order chi connectivity index (χ1) is 17.4. The van der Waals surface area contributed by atoms with Gasteiger partial charge in [0, 0.05) is 23.9 Å². The first-order valence-corrected chi connectivity index (χ1v) is 13.0. The van der Waals surface area contributed by atoms with Crippen LogP contribution >= 0.6 is 12.6 Å². The zero-order chi connectivity index (χ0) is 27.8. The molecule has 1 aliphatic carbocycles. The smallest absolute Gasteiger partial charge is 0.408 e. The van der Waals surface area contributed by atoms with Crippen molar-refractivity contribution in [2.24, 2.45) is 5.92 Å². The van der Waals surface area contributed by atoms with Crippen LogP contribution in [0.3, 0.4) is 0 Å². The number of esters is 1. The maximum Gasteiger partial charge on any atom is 0.408 e. The van der Waals surface area contributed by atoms with Crippen molar-refractivity contribution in [2.75, 3.05) is 18.9 Å². The number of terminal acetylenes is 1. The predicted octanol–water partition coefficient (Wildman–Crippen LogP) is 2.84. The van der Waals surface area contributed by atoms with Crippen molar-refractivity contribution in [1.29, 1.82) is 0 Å². The van der Waals surface area contributed by atoms with E-state index in [1.165, 1.54) is 4.90 Å². The van der Waals surface area contributed by atoms with Crippen LogP contribution < -0.4 is 10.6 Å². The Morgan fingerprint density at radius 2 is 1.89 bits per heavy atom. The molecule has 0 spiro atoms.